The molecule has 1 N–H and O–H groups in total. The minimum absolute atomic E-state index is 0.0807. The highest BCUT2D eigenvalue weighted by molar-refractivity contribution is 5.92. The Hall–Kier alpha value is -3.02. The van der Waals surface area contributed by atoms with E-state index in [1.807, 2.05) is 24.3 Å². The Morgan fingerprint density at radius 3 is 2.68 bits per heavy atom. The molecule has 0 aliphatic carbocycles. The molecule has 0 aliphatic heterocycles. The van der Waals surface area contributed by atoms with Crippen molar-refractivity contribution in [3.05, 3.63) is 58.9 Å². The van der Waals surface area contributed by atoms with Gasteiger partial charge in [0, 0.05) is 24.1 Å². The molecule has 128 valence electrons. The van der Waals surface area contributed by atoms with Gasteiger partial charge in [0.1, 0.15) is 12.1 Å². The van der Waals surface area contributed by atoms with E-state index >= 15 is 0 Å². The van der Waals surface area contributed by atoms with E-state index < -0.39 is 0 Å². The lowest BCUT2D eigenvalue weighted by Gasteiger charge is -2.11. The highest BCUT2D eigenvalue weighted by Gasteiger charge is 2.10. The van der Waals surface area contributed by atoms with E-state index in [4.69, 9.17) is 0 Å². The van der Waals surface area contributed by atoms with Gasteiger partial charge in [-0.05, 0) is 35.6 Å². The summed E-state index contributed by atoms with van der Waals surface area (Å²) in [6.07, 6.45) is 2.60. The number of rotatable bonds is 6. The third-order valence-corrected chi connectivity index (χ3v) is 4.04. The summed E-state index contributed by atoms with van der Waals surface area (Å²) in [5.41, 5.74) is 2.62. The fourth-order valence-electron chi connectivity index (χ4n) is 2.66. The second kappa shape index (κ2) is 7.25. The lowest BCUT2D eigenvalue weighted by molar-refractivity contribution is -0.384. The zero-order valence-corrected chi connectivity index (χ0v) is 14.3. The van der Waals surface area contributed by atoms with Crippen LogP contribution in [0.5, 0.6) is 0 Å². The van der Waals surface area contributed by atoms with Crippen LogP contribution in [0.2, 0.25) is 0 Å². The summed E-state index contributed by atoms with van der Waals surface area (Å²) in [4.78, 5) is 19.3. The number of hydrogen-bond acceptors (Lipinski definition) is 5. The summed E-state index contributed by atoms with van der Waals surface area (Å²) in [5, 5.41) is 15.3. The van der Waals surface area contributed by atoms with E-state index in [-0.39, 0.29) is 10.6 Å². The van der Waals surface area contributed by atoms with Gasteiger partial charge in [0.15, 0.2) is 0 Å². The van der Waals surface area contributed by atoms with Gasteiger partial charge in [-0.3, -0.25) is 10.1 Å². The summed E-state index contributed by atoms with van der Waals surface area (Å²) in [7, 11) is 0. The Bertz CT molecular complexity index is 909. The molecule has 1 aromatic heterocycles. The van der Waals surface area contributed by atoms with Crippen LogP contribution in [0.25, 0.3) is 22.0 Å². The first-order chi connectivity index (χ1) is 12.0. The third-order valence-electron chi connectivity index (χ3n) is 4.04. The molecule has 6 nitrogen and oxygen atoms in total. The van der Waals surface area contributed by atoms with Crippen molar-refractivity contribution in [3.63, 3.8) is 0 Å². The van der Waals surface area contributed by atoms with E-state index in [2.05, 4.69) is 29.1 Å². The summed E-state index contributed by atoms with van der Waals surface area (Å²) in [6.45, 7) is 5.20. The number of hydrogen-bond donors (Lipinski definition) is 1. The van der Waals surface area contributed by atoms with Crippen molar-refractivity contribution in [2.75, 3.05) is 11.9 Å². The highest BCUT2D eigenvalue weighted by atomic mass is 16.6. The van der Waals surface area contributed by atoms with Crippen LogP contribution in [0.3, 0.4) is 0 Å². The van der Waals surface area contributed by atoms with Crippen molar-refractivity contribution in [1.29, 1.82) is 0 Å². The molecule has 0 spiro atoms. The molecule has 0 saturated carbocycles. The molecule has 0 unspecified atom stereocenters. The largest absolute Gasteiger partial charge is 0.369 e. The maximum atomic E-state index is 11.0. The van der Waals surface area contributed by atoms with Crippen molar-refractivity contribution in [3.8, 4) is 11.1 Å². The Labute approximate surface area is 146 Å². The Morgan fingerprint density at radius 1 is 1.12 bits per heavy atom. The average molecular weight is 336 g/mol. The second-order valence-corrected chi connectivity index (χ2v) is 6.37. The van der Waals surface area contributed by atoms with Gasteiger partial charge in [0.2, 0.25) is 0 Å². The average Bonchev–Trinajstić information content (AvgIpc) is 2.61. The molecule has 0 bridgehead atoms. The summed E-state index contributed by atoms with van der Waals surface area (Å²) in [5.74, 6) is 1.40. The molecule has 0 fully saturated rings. The van der Waals surface area contributed by atoms with E-state index in [9.17, 15) is 10.1 Å². The molecule has 3 rings (SSSR count). The number of nitrogens with zero attached hydrogens (tertiary/aromatic N) is 3. The van der Waals surface area contributed by atoms with Crippen LogP contribution < -0.4 is 5.32 Å². The molecule has 0 saturated heterocycles. The van der Waals surface area contributed by atoms with Gasteiger partial charge in [-0.1, -0.05) is 32.0 Å². The summed E-state index contributed by atoms with van der Waals surface area (Å²) >= 11 is 0. The van der Waals surface area contributed by atoms with E-state index in [1.165, 1.54) is 6.07 Å². The molecule has 2 aromatic carbocycles. The van der Waals surface area contributed by atoms with Gasteiger partial charge in [0.25, 0.3) is 5.69 Å². The third kappa shape index (κ3) is 3.91. The first-order valence-corrected chi connectivity index (χ1v) is 8.28. The molecule has 1 heterocycles. The monoisotopic (exact) mass is 336 g/mol. The number of fused-ring (bicyclic) bond motifs is 1. The Balaban J connectivity index is 1.98. The van der Waals surface area contributed by atoms with Crippen LogP contribution in [0.4, 0.5) is 11.5 Å². The minimum atomic E-state index is -0.382. The van der Waals surface area contributed by atoms with E-state index in [1.54, 1.807) is 18.5 Å². The van der Waals surface area contributed by atoms with E-state index in [0.29, 0.717) is 5.92 Å². The topological polar surface area (TPSA) is 81.0 Å². The van der Waals surface area contributed by atoms with Crippen LogP contribution in [0.15, 0.2) is 48.8 Å². The van der Waals surface area contributed by atoms with Crippen LogP contribution in [0.1, 0.15) is 20.3 Å². The zero-order valence-electron chi connectivity index (χ0n) is 14.3. The number of nitro groups is 1. The molecule has 3 aromatic rings. The molecule has 0 aliphatic rings. The predicted molar refractivity (Wildman–Crippen MR) is 99.6 cm³/mol. The molecular weight excluding hydrogens is 316 g/mol. The number of nitro benzene ring substituents is 1. The van der Waals surface area contributed by atoms with Crippen LogP contribution in [-0.2, 0) is 0 Å². The van der Waals surface area contributed by atoms with Crippen LogP contribution in [0, 0.1) is 16.0 Å². The quantitative estimate of drug-likeness (QED) is 0.523. The fourth-order valence-corrected chi connectivity index (χ4v) is 2.66. The normalized spacial score (nSPS) is 11.0. The van der Waals surface area contributed by atoms with Gasteiger partial charge < -0.3 is 5.32 Å². The van der Waals surface area contributed by atoms with Crippen molar-refractivity contribution in [2.45, 2.75) is 20.3 Å². The predicted octanol–water partition coefficient (Wildman–Crippen LogP) is 4.66. The lowest BCUT2D eigenvalue weighted by atomic mass is 10.0. The number of benzene rings is 2. The van der Waals surface area contributed by atoms with Gasteiger partial charge in [-0.2, -0.15) is 0 Å². The Morgan fingerprint density at radius 2 is 1.92 bits per heavy atom. The van der Waals surface area contributed by atoms with Crippen molar-refractivity contribution in [1.82, 2.24) is 9.97 Å². The summed E-state index contributed by atoms with van der Waals surface area (Å²) < 4.78 is 0. The van der Waals surface area contributed by atoms with Gasteiger partial charge in [-0.15, -0.1) is 0 Å². The standard InChI is InChI=1S/C19H20N4O2/c1-13(2)8-9-20-19-17-11-15(6-7-18(17)21-12-22-19)14-4-3-5-16(10-14)23(24)25/h3-7,10-13H,8-9H2,1-2H3,(H,20,21,22). The van der Waals surface area contributed by atoms with Gasteiger partial charge >= 0.3 is 0 Å². The van der Waals surface area contributed by atoms with Crippen molar-refractivity contribution >= 4 is 22.4 Å². The highest BCUT2D eigenvalue weighted by Crippen LogP contribution is 2.28. The van der Waals surface area contributed by atoms with Crippen molar-refractivity contribution < 1.29 is 4.92 Å². The molecule has 0 radical (unpaired) electrons. The first-order valence-electron chi connectivity index (χ1n) is 8.28. The molecule has 25 heavy (non-hydrogen) atoms. The fraction of sp³-hybridized carbons (Fsp3) is 0.263. The lowest BCUT2D eigenvalue weighted by Crippen LogP contribution is -2.06. The smallest absolute Gasteiger partial charge is 0.270 e. The molecule has 0 amide bonds. The zero-order chi connectivity index (χ0) is 17.8. The van der Waals surface area contributed by atoms with E-state index in [0.717, 1.165) is 40.8 Å². The first kappa shape index (κ1) is 16.8. The number of nitrogens with one attached hydrogen (secondary N) is 1. The van der Waals surface area contributed by atoms with Gasteiger partial charge in [-0.25, -0.2) is 9.97 Å². The number of aromatic nitrogens is 2. The number of non-ortho nitro benzene ring substituents is 1. The molecular formula is C19H20N4O2. The second-order valence-electron chi connectivity index (χ2n) is 6.37. The van der Waals surface area contributed by atoms with Crippen molar-refractivity contribution in [2.24, 2.45) is 5.92 Å². The SMILES string of the molecule is CC(C)CCNc1ncnc2ccc(-c3cccc([N+](=O)[O-])c3)cc12. The Kier molecular flexibility index (Phi) is 4.88. The number of anilines is 1. The maximum absolute atomic E-state index is 11.0. The summed E-state index contributed by atoms with van der Waals surface area (Å²) in [6, 6.07) is 12.4. The van der Waals surface area contributed by atoms with Gasteiger partial charge in [0.05, 0.1) is 10.4 Å². The molecule has 0 atom stereocenters. The maximum Gasteiger partial charge on any atom is 0.270 e. The van der Waals surface area contributed by atoms with Crippen LogP contribution in [-0.4, -0.2) is 21.4 Å². The molecule has 6 heteroatoms. The van der Waals surface area contributed by atoms with Crippen LogP contribution >= 0.6 is 0 Å². The minimum Gasteiger partial charge on any atom is -0.369 e.